The van der Waals surface area contributed by atoms with E-state index in [0.29, 0.717) is 5.56 Å². The van der Waals surface area contributed by atoms with Crippen molar-refractivity contribution in [3.05, 3.63) is 65.3 Å². The molecule has 6 heteroatoms. The van der Waals surface area contributed by atoms with Crippen LogP contribution < -0.4 is 0 Å². The molecular formula is C23H30N2O3S. The molecule has 156 valence electrons. The lowest BCUT2D eigenvalue weighted by molar-refractivity contribution is 0.0763. The molecule has 1 fully saturated rings. The fourth-order valence-electron chi connectivity index (χ4n) is 3.63. The first-order valence-electron chi connectivity index (χ1n) is 9.98. The van der Waals surface area contributed by atoms with Crippen LogP contribution in [0.5, 0.6) is 0 Å². The first-order chi connectivity index (χ1) is 13.6. The molecule has 29 heavy (non-hydrogen) atoms. The number of hydrogen-bond acceptors (Lipinski definition) is 4. The van der Waals surface area contributed by atoms with Gasteiger partial charge in [-0.05, 0) is 62.7 Å². The Bertz CT molecular complexity index is 991. The fraction of sp³-hybridized carbons (Fsp3) is 0.435. The number of carbonyl (C=O) groups is 1. The standard InChI is InChI=1S/C23H30N2O3S/c1-18-8-9-20(22(26)25-14-6-13-24(3)15-16-25)17-21(18)19-7-5-11-23(2,12-10-19)29(4,27)28/h5,7-12,17H,6,13-16H2,1-4H3. The highest BCUT2D eigenvalue weighted by Gasteiger charge is 2.30. The van der Waals surface area contributed by atoms with Gasteiger partial charge in [0.1, 0.15) is 4.75 Å². The summed E-state index contributed by atoms with van der Waals surface area (Å²) in [5.74, 6) is 0.0521. The molecule has 3 rings (SSSR count). The summed E-state index contributed by atoms with van der Waals surface area (Å²) >= 11 is 0. The van der Waals surface area contributed by atoms with Gasteiger partial charge in [0, 0.05) is 31.5 Å². The Hall–Kier alpha value is -2.18. The molecule has 1 saturated heterocycles. The van der Waals surface area contributed by atoms with Crippen LogP contribution in [0.2, 0.25) is 0 Å². The maximum Gasteiger partial charge on any atom is 0.253 e. The first kappa shape index (κ1) is 21.5. The van der Waals surface area contributed by atoms with Gasteiger partial charge in [-0.3, -0.25) is 4.79 Å². The summed E-state index contributed by atoms with van der Waals surface area (Å²) in [6, 6.07) is 5.78. The Morgan fingerprint density at radius 2 is 1.86 bits per heavy atom. The van der Waals surface area contributed by atoms with Crippen LogP contribution in [0.1, 0.15) is 34.8 Å². The Labute approximate surface area is 174 Å². The van der Waals surface area contributed by atoms with E-state index in [0.717, 1.165) is 49.3 Å². The largest absolute Gasteiger partial charge is 0.337 e. The van der Waals surface area contributed by atoms with Gasteiger partial charge in [0.15, 0.2) is 9.84 Å². The van der Waals surface area contributed by atoms with Crippen LogP contribution in [0.25, 0.3) is 5.57 Å². The molecular weight excluding hydrogens is 384 g/mol. The van der Waals surface area contributed by atoms with E-state index >= 15 is 0 Å². The molecule has 0 spiro atoms. The minimum atomic E-state index is -3.28. The Morgan fingerprint density at radius 3 is 2.59 bits per heavy atom. The van der Waals surface area contributed by atoms with Crippen molar-refractivity contribution in [2.75, 3.05) is 39.5 Å². The quantitative estimate of drug-likeness (QED) is 0.763. The van der Waals surface area contributed by atoms with Crippen LogP contribution in [0.4, 0.5) is 0 Å². The van der Waals surface area contributed by atoms with Gasteiger partial charge < -0.3 is 9.80 Å². The normalized spacial score (nSPS) is 23.4. The monoisotopic (exact) mass is 414 g/mol. The lowest BCUT2D eigenvalue weighted by Gasteiger charge is -2.21. The zero-order valence-electron chi connectivity index (χ0n) is 17.7. The summed E-state index contributed by atoms with van der Waals surface area (Å²) < 4.78 is 23.3. The van der Waals surface area contributed by atoms with Crippen LogP contribution in [0.15, 0.2) is 48.6 Å². The second-order valence-electron chi connectivity index (χ2n) is 8.25. The number of hydrogen-bond donors (Lipinski definition) is 0. The summed E-state index contributed by atoms with van der Waals surface area (Å²) in [7, 11) is -1.20. The zero-order valence-corrected chi connectivity index (χ0v) is 18.5. The molecule has 1 aliphatic heterocycles. The van der Waals surface area contributed by atoms with E-state index in [4.69, 9.17) is 0 Å². The number of allylic oxidation sites excluding steroid dienone is 4. The molecule has 1 atom stereocenters. The third kappa shape index (κ3) is 4.70. The van der Waals surface area contributed by atoms with E-state index < -0.39 is 14.6 Å². The summed E-state index contributed by atoms with van der Waals surface area (Å²) in [4.78, 5) is 17.3. The van der Waals surface area contributed by atoms with E-state index in [9.17, 15) is 13.2 Å². The van der Waals surface area contributed by atoms with Crippen molar-refractivity contribution < 1.29 is 13.2 Å². The Morgan fingerprint density at radius 1 is 1.10 bits per heavy atom. The summed E-state index contributed by atoms with van der Waals surface area (Å²) in [5, 5.41) is 0. The molecule has 0 aromatic heterocycles. The summed E-state index contributed by atoms with van der Waals surface area (Å²) in [6.07, 6.45) is 11.2. The van der Waals surface area contributed by atoms with E-state index in [1.165, 1.54) is 6.26 Å². The molecule has 1 aromatic rings. The average Bonchev–Trinajstić information content (AvgIpc) is 3.00. The molecule has 0 saturated carbocycles. The van der Waals surface area contributed by atoms with E-state index in [1.54, 1.807) is 25.2 Å². The van der Waals surface area contributed by atoms with Crippen LogP contribution in [0, 0.1) is 6.92 Å². The van der Waals surface area contributed by atoms with Gasteiger partial charge in [-0.15, -0.1) is 0 Å². The molecule has 1 aliphatic carbocycles. The van der Waals surface area contributed by atoms with Crippen molar-refractivity contribution in [2.24, 2.45) is 0 Å². The lowest BCUT2D eigenvalue weighted by atomic mass is 9.96. The van der Waals surface area contributed by atoms with Crippen molar-refractivity contribution >= 4 is 21.3 Å². The minimum Gasteiger partial charge on any atom is -0.337 e. The molecule has 0 bridgehead atoms. The molecule has 0 radical (unpaired) electrons. The molecule has 1 amide bonds. The number of carbonyl (C=O) groups excluding carboxylic acids is 1. The van der Waals surface area contributed by atoms with E-state index in [1.807, 2.05) is 42.2 Å². The zero-order chi connectivity index (χ0) is 21.2. The number of rotatable bonds is 3. The van der Waals surface area contributed by atoms with Crippen LogP contribution >= 0.6 is 0 Å². The number of nitrogens with zero attached hydrogens (tertiary/aromatic N) is 2. The SMILES string of the molecule is Cc1ccc(C(=O)N2CCCN(C)CC2)cc1C1=CC=CC(C)(S(C)(=O)=O)C=C1. The van der Waals surface area contributed by atoms with Crippen molar-refractivity contribution in [1.29, 1.82) is 0 Å². The number of sulfone groups is 1. The predicted octanol–water partition coefficient (Wildman–Crippen LogP) is 3.09. The highest BCUT2D eigenvalue weighted by atomic mass is 32.2. The van der Waals surface area contributed by atoms with Gasteiger partial charge in [-0.1, -0.05) is 36.4 Å². The molecule has 0 N–H and O–H groups in total. The summed E-state index contributed by atoms with van der Waals surface area (Å²) in [6.45, 7) is 7.08. The minimum absolute atomic E-state index is 0.0521. The van der Waals surface area contributed by atoms with Gasteiger partial charge in [0.05, 0.1) is 0 Å². The number of amides is 1. The van der Waals surface area contributed by atoms with Gasteiger partial charge in [-0.2, -0.15) is 0 Å². The van der Waals surface area contributed by atoms with E-state index in [-0.39, 0.29) is 5.91 Å². The number of benzene rings is 1. The second kappa shape index (κ2) is 8.28. The molecule has 2 aliphatic rings. The van der Waals surface area contributed by atoms with E-state index in [2.05, 4.69) is 11.9 Å². The topological polar surface area (TPSA) is 57.7 Å². The molecule has 5 nitrogen and oxygen atoms in total. The average molecular weight is 415 g/mol. The third-order valence-corrected chi connectivity index (χ3v) is 7.77. The molecule has 1 heterocycles. The second-order valence-corrected chi connectivity index (χ2v) is 10.7. The van der Waals surface area contributed by atoms with Crippen LogP contribution in [-0.2, 0) is 9.84 Å². The summed E-state index contributed by atoms with van der Waals surface area (Å²) in [5.41, 5.74) is 3.56. The smallest absolute Gasteiger partial charge is 0.253 e. The highest BCUT2D eigenvalue weighted by Crippen LogP contribution is 2.29. The maximum absolute atomic E-state index is 13.1. The number of aryl methyl sites for hydroxylation is 1. The fourth-order valence-corrected chi connectivity index (χ4v) is 4.28. The lowest BCUT2D eigenvalue weighted by Crippen LogP contribution is -2.34. The van der Waals surface area contributed by atoms with Crippen molar-refractivity contribution in [2.45, 2.75) is 25.0 Å². The Kier molecular flexibility index (Phi) is 6.15. The number of likely N-dealkylation sites (N-methyl/N-ethyl adjacent to an activating group) is 1. The van der Waals surface area contributed by atoms with Crippen molar-refractivity contribution in [3.8, 4) is 0 Å². The third-order valence-electron chi connectivity index (χ3n) is 5.90. The maximum atomic E-state index is 13.1. The Balaban J connectivity index is 1.90. The molecule has 1 aromatic carbocycles. The van der Waals surface area contributed by atoms with Crippen molar-refractivity contribution in [1.82, 2.24) is 9.80 Å². The van der Waals surface area contributed by atoms with Crippen LogP contribution in [0.3, 0.4) is 0 Å². The highest BCUT2D eigenvalue weighted by molar-refractivity contribution is 7.92. The van der Waals surface area contributed by atoms with Gasteiger partial charge in [-0.25, -0.2) is 8.42 Å². The van der Waals surface area contributed by atoms with Gasteiger partial charge >= 0.3 is 0 Å². The van der Waals surface area contributed by atoms with Gasteiger partial charge in [0.25, 0.3) is 5.91 Å². The van der Waals surface area contributed by atoms with Crippen molar-refractivity contribution in [3.63, 3.8) is 0 Å². The molecule has 1 unspecified atom stereocenters. The first-order valence-corrected chi connectivity index (χ1v) is 11.9. The van der Waals surface area contributed by atoms with Crippen LogP contribution in [-0.4, -0.2) is 68.4 Å². The predicted molar refractivity (Wildman–Crippen MR) is 119 cm³/mol. The van der Waals surface area contributed by atoms with Gasteiger partial charge in [0.2, 0.25) is 0 Å².